The van der Waals surface area contributed by atoms with Gasteiger partial charge >= 0.3 is 6.18 Å². The van der Waals surface area contributed by atoms with E-state index < -0.39 is 12.6 Å². The molecule has 5 heteroatoms. The topological polar surface area (TPSA) is 29.3 Å². The van der Waals surface area contributed by atoms with E-state index in [1.54, 1.807) is 4.90 Å². The molecule has 2 unspecified atom stereocenters. The van der Waals surface area contributed by atoms with E-state index in [1.807, 2.05) is 6.92 Å². The molecule has 1 heterocycles. The third kappa shape index (κ3) is 3.84. The van der Waals surface area contributed by atoms with Crippen molar-refractivity contribution in [3.63, 3.8) is 0 Å². The van der Waals surface area contributed by atoms with E-state index in [4.69, 9.17) is 5.73 Å². The molecule has 0 aromatic carbocycles. The van der Waals surface area contributed by atoms with Crippen LogP contribution in [0.1, 0.15) is 19.8 Å². The fraction of sp³-hybridized carbons (Fsp3) is 1.00. The number of likely N-dealkylation sites (tertiary alicyclic amines) is 1. The first kappa shape index (κ1) is 11.8. The molecule has 0 aromatic heterocycles. The summed E-state index contributed by atoms with van der Waals surface area (Å²) in [4.78, 5) is 1.80. The number of hydrogen-bond donors (Lipinski definition) is 1. The summed E-state index contributed by atoms with van der Waals surface area (Å²) >= 11 is 0. The first-order valence-electron chi connectivity index (χ1n) is 4.93. The molecule has 0 aromatic rings. The molecule has 0 bridgehead atoms. The van der Waals surface area contributed by atoms with Crippen molar-refractivity contribution in [2.24, 2.45) is 11.7 Å². The average Bonchev–Trinajstić information content (AvgIpc) is 2.06. The maximum Gasteiger partial charge on any atom is 0.390 e. The lowest BCUT2D eigenvalue weighted by Gasteiger charge is -2.35. The van der Waals surface area contributed by atoms with Crippen molar-refractivity contribution in [2.75, 3.05) is 19.6 Å². The van der Waals surface area contributed by atoms with Gasteiger partial charge in [0.25, 0.3) is 0 Å². The first-order chi connectivity index (χ1) is 6.38. The third-order valence-corrected chi connectivity index (χ3v) is 2.81. The van der Waals surface area contributed by atoms with E-state index in [0.717, 1.165) is 13.0 Å². The Hall–Kier alpha value is -0.290. The Morgan fingerprint density at radius 3 is 2.57 bits per heavy atom. The van der Waals surface area contributed by atoms with Gasteiger partial charge in [0.15, 0.2) is 0 Å². The molecule has 2 N–H and O–H groups in total. The van der Waals surface area contributed by atoms with Crippen LogP contribution in [0.3, 0.4) is 0 Å². The largest absolute Gasteiger partial charge is 0.390 e. The van der Waals surface area contributed by atoms with Gasteiger partial charge < -0.3 is 10.6 Å². The van der Waals surface area contributed by atoms with Gasteiger partial charge in [-0.1, -0.05) is 6.92 Å². The van der Waals surface area contributed by atoms with Gasteiger partial charge in [0, 0.05) is 19.1 Å². The molecule has 1 aliphatic rings. The molecule has 0 saturated carbocycles. The predicted octanol–water partition coefficient (Wildman–Crippen LogP) is 1.61. The summed E-state index contributed by atoms with van der Waals surface area (Å²) in [6.07, 6.45) is -3.87. The third-order valence-electron chi connectivity index (χ3n) is 2.81. The summed E-state index contributed by atoms with van der Waals surface area (Å²) < 4.78 is 35.8. The molecule has 84 valence electrons. The molecule has 1 saturated heterocycles. The Morgan fingerprint density at radius 1 is 1.43 bits per heavy atom. The van der Waals surface area contributed by atoms with E-state index in [1.165, 1.54) is 0 Å². The zero-order chi connectivity index (χ0) is 10.8. The Morgan fingerprint density at radius 2 is 2.07 bits per heavy atom. The molecule has 0 radical (unpaired) electrons. The lowest BCUT2D eigenvalue weighted by Crippen LogP contribution is -2.48. The van der Waals surface area contributed by atoms with Crippen molar-refractivity contribution >= 4 is 0 Å². The molecular weight excluding hydrogens is 193 g/mol. The number of piperidine rings is 1. The smallest absolute Gasteiger partial charge is 0.326 e. The quantitative estimate of drug-likeness (QED) is 0.750. The van der Waals surface area contributed by atoms with Crippen LogP contribution in [0.25, 0.3) is 0 Å². The van der Waals surface area contributed by atoms with Crippen molar-refractivity contribution in [1.82, 2.24) is 4.90 Å². The monoisotopic (exact) mass is 210 g/mol. The van der Waals surface area contributed by atoms with Crippen LogP contribution < -0.4 is 5.73 Å². The Balaban J connectivity index is 2.27. The van der Waals surface area contributed by atoms with E-state index in [0.29, 0.717) is 12.5 Å². The molecule has 0 spiro atoms. The zero-order valence-electron chi connectivity index (χ0n) is 8.35. The second kappa shape index (κ2) is 4.49. The van der Waals surface area contributed by atoms with E-state index in [2.05, 4.69) is 0 Å². The normalized spacial score (nSPS) is 30.6. The Labute approximate surface area is 82.2 Å². The molecule has 1 aliphatic heterocycles. The molecule has 0 amide bonds. The Bertz CT molecular complexity index is 181. The van der Waals surface area contributed by atoms with Gasteiger partial charge in [-0.25, -0.2) is 0 Å². The van der Waals surface area contributed by atoms with Crippen LogP contribution in [0, 0.1) is 5.92 Å². The molecule has 1 fully saturated rings. The highest BCUT2D eigenvalue weighted by molar-refractivity contribution is 4.80. The fourth-order valence-corrected chi connectivity index (χ4v) is 1.66. The molecule has 2 atom stereocenters. The first-order valence-corrected chi connectivity index (χ1v) is 4.93. The highest BCUT2D eigenvalue weighted by atomic mass is 19.4. The van der Waals surface area contributed by atoms with Crippen molar-refractivity contribution < 1.29 is 13.2 Å². The van der Waals surface area contributed by atoms with Crippen LogP contribution in [-0.4, -0.2) is 36.8 Å². The number of nitrogens with two attached hydrogens (primary N) is 1. The SMILES string of the molecule is CC1CCN(CCC(F)(F)F)CC1N. The second-order valence-electron chi connectivity index (χ2n) is 4.10. The summed E-state index contributed by atoms with van der Waals surface area (Å²) in [7, 11) is 0. The fourth-order valence-electron chi connectivity index (χ4n) is 1.66. The standard InChI is InChI=1S/C9H17F3N2/c1-7-2-4-14(6-8(7)13)5-3-9(10,11)12/h7-8H,2-6,13H2,1H3. The van der Waals surface area contributed by atoms with E-state index >= 15 is 0 Å². The van der Waals surface area contributed by atoms with Crippen LogP contribution in [0.15, 0.2) is 0 Å². The van der Waals surface area contributed by atoms with Crippen LogP contribution in [-0.2, 0) is 0 Å². The van der Waals surface area contributed by atoms with Gasteiger partial charge in [-0.2, -0.15) is 13.2 Å². The maximum atomic E-state index is 11.9. The molecular formula is C9H17F3N2. The van der Waals surface area contributed by atoms with Gasteiger partial charge in [-0.05, 0) is 18.9 Å². The number of rotatable bonds is 2. The minimum Gasteiger partial charge on any atom is -0.326 e. The van der Waals surface area contributed by atoms with Crippen LogP contribution in [0.5, 0.6) is 0 Å². The lowest BCUT2D eigenvalue weighted by atomic mass is 9.94. The highest BCUT2D eigenvalue weighted by Crippen LogP contribution is 2.22. The number of nitrogens with zero attached hydrogens (tertiary/aromatic N) is 1. The van der Waals surface area contributed by atoms with Crippen molar-refractivity contribution in [2.45, 2.75) is 32.0 Å². The summed E-state index contributed by atoms with van der Waals surface area (Å²) in [5.41, 5.74) is 5.79. The second-order valence-corrected chi connectivity index (χ2v) is 4.10. The highest BCUT2D eigenvalue weighted by Gasteiger charge is 2.30. The lowest BCUT2D eigenvalue weighted by molar-refractivity contribution is -0.138. The van der Waals surface area contributed by atoms with Crippen molar-refractivity contribution in [3.8, 4) is 0 Å². The summed E-state index contributed by atoms with van der Waals surface area (Å²) in [5.74, 6) is 0.428. The van der Waals surface area contributed by atoms with E-state index in [-0.39, 0.29) is 12.6 Å². The zero-order valence-corrected chi connectivity index (χ0v) is 8.35. The minimum atomic E-state index is -4.05. The number of halogens is 3. The van der Waals surface area contributed by atoms with E-state index in [9.17, 15) is 13.2 Å². The van der Waals surface area contributed by atoms with Crippen LogP contribution in [0.2, 0.25) is 0 Å². The van der Waals surface area contributed by atoms with Gasteiger partial charge in [-0.15, -0.1) is 0 Å². The summed E-state index contributed by atoms with van der Waals surface area (Å²) in [6, 6.07) is 0.0250. The Kier molecular flexibility index (Phi) is 3.78. The molecule has 0 aliphatic carbocycles. The van der Waals surface area contributed by atoms with Crippen molar-refractivity contribution in [3.05, 3.63) is 0 Å². The molecule has 2 nitrogen and oxygen atoms in total. The van der Waals surface area contributed by atoms with Gasteiger partial charge in [0.2, 0.25) is 0 Å². The number of alkyl halides is 3. The van der Waals surface area contributed by atoms with Crippen LogP contribution in [0.4, 0.5) is 13.2 Å². The van der Waals surface area contributed by atoms with Crippen LogP contribution >= 0.6 is 0 Å². The summed E-state index contributed by atoms with van der Waals surface area (Å²) in [6.45, 7) is 3.47. The van der Waals surface area contributed by atoms with Gasteiger partial charge in [0.05, 0.1) is 6.42 Å². The molecule has 1 rings (SSSR count). The van der Waals surface area contributed by atoms with Gasteiger partial charge in [-0.3, -0.25) is 0 Å². The summed E-state index contributed by atoms with van der Waals surface area (Å²) in [5, 5.41) is 0. The number of hydrogen-bond acceptors (Lipinski definition) is 2. The average molecular weight is 210 g/mol. The van der Waals surface area contributed by atoms with Crippen molar-refractivity contribution in [1.29, 1.82) is 0 Å². The maximum absolute atomic E-state index is 11.9. The van der Waals surface area contributed by atoms with Gasteiger partial charge in [0.1, 0.15) is 0 Å². The predicted molar refractivity (Wildman–Crippen MR) is 48.9 cm³/mol. The molecule has 14 heavy (non-hydrogen) atoms. The minimum absolute atomic E-state index is 0.0250.